The number of hydrogen-bond acceptors (Lipinski definition) is 0. The standard InChI is InChI=1S/2C11H23.Cu.Li/c2*1-3-5-7-9-11-10-8-6-4-2;;/h2*1,3-11H2,2H3;;/q2*-1;2*+1. The average molecular weight is 381 g/mol. The minimum Gasteiger partial charge on any atom is -0.343 e. The van der Waals surface area contributed by atoms with Crippen molar-refractivity contribution in [3.8, 4) is 0 Å². The van der Waals surface area contributed by atoms with Crippen LogP contribution in [0.1, 0.15) is 129 Å². The van der Waals surface area contributed by atoms with Crippen molar-refractivity contribution < 1.29 is 35.9 Å². The average Bonchev–Trinajstić information content (AvgIpc) is 2.54. The van der Waals surface area contributed by atoms with Gasteiger partial charge in [0, 0.05) is 0 Å². The first-order chi connectivity index (χ1) is 10.8. The third-order valence-corrected chi connectivity index (χ3v) is 4.21. The van der Waals surface area contributed by atoms with Crippen LogP contribution in [0, 0.1) is 13.8 Å². The number of hydrogen-bond donors (Lipinski definition) is 0. The van der Waals surface area contributed by atoms with Crippen molar-refractivity contribution in [2.75, 3.05) is 0 Å². The topological polar surface area (TPSA) is 0 Å². The van der Waals surface area contributed by atoms with Crippen molar-refractivity contribution in [3.05, 3.63) is 13.8 Å². The van der Waals surface area contributed by atoms with Gasteiger partial charge in [0.1, 0.15) is 0 Å². The molecule has 0 aromatic rings. The molecule has 0 aromatic heterocycles. The Bertz CT molecular complexity index is 128. The second kappa shape index (κ2) is 35.3. The molecule has 0 aliphatic rings. The van der Waals surface area contributed by atoms with Gasteiger partial charge in [0.25, 0.3) is 0 Å². The molecule has 0 nitrogen and oxygen atoms in total. The van der Waals surface area contributed by atoms with E-state index in [-0.39, 0.29) is 35.9 Å². The van der Waals surface area contributed by atoms with Gasteiger partial charge < -0.3 is 13.8 Å². The van der Waals surface area contributed by atoms with Crippen molar-refractivity contribution in [2.24, 2.45) is 0 Å². The summed E-state index contributed by atoms with van der Waals surface area (Å²) in [6.07, 6.45) is 24.8. The Morgan fingerprint density at radius 2 is 0.625 bits per heavy atom. The normalized spacial score (nSPS) is 9.50. The maximum atomic E-state index is 3.83. The molecule has 0 heterocycles. The molecule has 0 saturated carbocycles. The molecule has 146 valence electrons. The molecule has 0 radical (unpaired) electrons. The zero-order chi connectivity index (χ0) is 16.7. The van der Waals surface area contributed by atoms with E-state index in [9.17, 15) is 0 Å². The minimum atomic E-state index is 0. The van der Waals surface area contributed by atoms with Gasteiger partial charge in [-0.25, -0.2) is 0 Å². The van der Waals surface area contributed by atoms with Crippen LogP contribution in [0.2, 0.25) is 0 Å². The first-order valence-electron chi connectivity index (χ1n) is 10.4. The van der Waals surface area contributed by atoms with Crippen molar-refractivity contribution in [2.45, 2.75) is 129 Å². The second-order valence-electron chi connectivity index (χ2n) is 6.66. The number of unbranched alkanes of at least 4 members (excludes halogenated alkanes) is 16. The van der Waals surface area contributed by atoms with Gasteiger partial charge in [0.05, 0.1) is 0 Å². The van der Waals surface area contributed by atoms with E-state index in [2.05, 4.69) is 27.7 Å². The Morgan fingerprint density at radius 3 is 0.833 bits per heavy atom. The molecule has 0 fully saturated rings. The van der Waals surface area contributed by atoms with Gasteiger partial charge in [-0.1, -0.05) is 117 Å². The van der Waals surface area contributed by atoms with E-state index in [1.54, 1.807) is 0 Å². The molecule has 24 heavy (non-hydrogen) atoms. The summed E-state index contributed by atoms with van der Waals surface area (Å²) in [5, 5.41) is 0. The Morgan fingerprint density at radius 1 is 0.417 bits per heavy atom. The monoisotopic (exact) mass is 380 g/mol. The van der Waals surface area contributed by atoms with Crippen LogP contribution < -0.4 is 18.9 Å². The summed E-state index contributed by atoms with van der Waals surface area (Å²) in [4.78, 5) is 0. The van der Waals surface area contributed by atoms with Gasteiger partial charge in [-0.3, -0.25) is 0 Å². The third kappa shape index (κ3) is 38.6. The molecule has 0 amide bonds. The van der Waals surface area contributed by atoms with Crippen LogP contribution in [-0.2, 0) is 17.1 Å². The first kappa shape index (κ1) is 32.8. The van der Waals surface area contributed by atoms with E-state index in [0.29, 0.717) is 0 Å². The summed E-state index contributed by atoms with van der Waals surface area (Å²) in [7, 11) is 0. The largest absolute Gasteiger partial charge is 1.00 e. The smallest absolute Gasteiger partial charge is 0.343 e. The van der Waals surface area contributed by atoms with Crippen molar-refractivity contribution in [3.63, 3.8) is 0 Å². The molecule has 0 aliphatic carbocycles. The quantitative estimate of drug-likeness (QED) is 0.183. The third-order valence-electron chi connectivity index (χ3n) is 4.21. The molecule has 0 spiro atoms. The Labute approximate surface area is 178 Å². The van der Waals surface area contributed by atoms with Crippen molar-refractivity contribution in [1.82, 2.24) is 0 Å². The van der Waals surface area contributed by atoms with E-state index in [1.165, 1.54) is 103 Å². The molecule has 2 heteroatoms. The Hall–Kier alpha value is 1.12. The molecular formula is C22H46CuLi. The van der Waals surface area contributed by atoms with Crippen molar-refractivity contribution in [1.29, 1.82) is 0 Å². The molecule has 0 bridgehead atoms. The van der Waals surface area contributed by atoms with E-state index >= 15 is 0 Å². The van der Waals surface area contributed by atoms with Crippen LogP contribution in [-0.4, -0.2) is 0 Å². The maximum absolute atomic E-state index is 3.83. The molecule has 0 aliphatic heterocycles. The molecule has 0 N–H and O–H groups in total. The van der Waals surface area contributed by atoms with E-state index in [0.717, 1.165) is 12.8 Å². The van der Waals surface area contributed by atoms with Crippen LogP contribution in [0.5, 0.6) is 0 Å². The van der Waals surface area contributed by atoms with Crippen molar-refractivity contribution >= 4 is 0 Å². The van der Waals surface area contributed by atoms with Crippen LogP contribution in [0.3, 0.4) is 0 Å². The first-order valence-corrected chi connectivity index (χ1v) is 10.4. The summed E-state index contributed by atoms with van der Waals surface area (Å²) in [5.41, 5.74) is 0. The minimum absolute atomic E-state index is 0. The summed E-state index contributed by atoms with van der Waals surface area (Å²) in [5.74, 6) is 0. The van der Waals surface area contributed by atoms with Crippen LogP contribution in [0.15, 0.2) is 0 Å². The predicted octanol–water partition coefficient (Wildman–Crippen LogP) is 5.70. The van der Waals surface area contributed by atoms with E-state index in [4.69, 9.17) is 0 Å². The summed E-state index contributed by atoms with van der Waals surface area (Å²) < 4.78 is 0. The fraction of sp³-hybridized carbons (Fsp3) is 0.909. The molecule has 0 aromatic carbocycles. The molecule has 0 atom stereocenters. The molecular weight excluding hydrogens is 335 g/mol. The maximum Gasteiger partial charge on any atom is 1.00 e. The molecule has 0 rings (SSSR count). The van der Waals surface area contributed by atoms with Gasteiger partial charge in [0.15, 0.2) is 0 Å². The van der Waals surface area contributed by atoms with Crippen LogP contribution in [0.4, 0.5) is 0 Å². The Balaban J connectivity index is -0.000000154. The fourth-order valence-corrected chi connectivity index (χ4v) is 2.62. The van der Waals surface area contributed by atoms with Gasteiger partial charge in [-0.15, -0.1) is 0 Å². The van der Waals surface area contributed by atoms with Crippen LogP contribution >= 0.6 is 0 Å². The fourth-order valence-electron chi connectivity index (χ4n) is 2.62. The van der Waals surface area contributed by atoms with Gasteiger partial charge in [-0.2, -0.15) is 12.8 Å². The predicted molar refractivity (Wildman–Crippen MR) is 105 cm³/mol. The van der Waals surface area contributed by atoms with Crippen LogP contribution in [0.25, 0.3) is 0 Å². The summed E-state index contributed by atoms with van der Waals surface area (Å²) in [6.45, 7) is 12.2. The Kier molecular flexibility index (Phi) is 48.1. The number of rotatable bonds is 16. The van der Waals surface area contributed by atoms with Gasteiger partial charge in [0.2, 0.25) is 0 Å². The summed E-state index contributed by atoms with van der Waals surface area (Å²) >= 11 is 0. The zero-order valence-electron chi connectivity index (χ0n) is 17.4. The van der Waals surface area contributed by atoms with Gasteiger partial charge >= 0.3 is 35.9 Å². The SMILES string of the molecule is [CH2-]CCCCCCCCCC.[CH2-]CCCCCCCCCC.[Cu+].[Li+]. The molecule has 0 saturated heterocycles. The van der Waals surface area contributed by atoms with Gasteiger partial charge in [-0.05, 0) is 0 Å². The van der Waals surface area contributed by atoms with E-state index < -0.39 is 0 Å². The summed E-state index contributed by atoms with van der Waals surface area (Å²) in [6, 6.07) is 0. The zero-order valence-corrected chi connectivity index (χ0v) is 18.4. The molecule has 0 unspecified atom stereocenters. The van der Waals surface area contributed by atoms with E-state index in [1.807, 2.05) is 0 Å². The second-order valence-corrected chi connectivity index (χ2v) is 6.66.